The van der Waals surface area contributed by atoms with Crippen molar-refractivity contribution in [3.8, 4) is 5.75 Å². The van der Waals surface area contributed by atoms with Gasteiger partial charge in [-0.25, -0.2) is 4.39 Å². The van der Waals surface area contributed by atoms with E-state index in [0.29, 0.717) is 16.7 Å². The van der Waals surface area contributed by atoms with Crippen molar-refractivity contribution in [3.63, 3.8) is 0 Å². The number of amides is 3. The maximum absolute atomic E-state index is 14.0. The predicted octanol–water partition coefficient (Wildman–Crippen LogP) is 4.54. The number of rotatable bonds is 5. The number of hydrogen-bond acceptors (Lipinski definition) is 4. The molecular formula is C23H16ClFN2O4. The lowest BCUT2D eigenvalue weighted by Crippen LogP contribution is -2.29. The third-order valence-corrected chi connectivity index (χ3v) is 5.14. The summed E-state index contributed by atoms with van der Waals surface area (Å²) in [7, 11) is 1.40. The number of ether oxygens (including phenoxy) is 1. The van der Waals surface area contributed by atoms with Crippen LogP contribution in [0.1, 0.15) is 36.6 Å². The average Bonchev–Trinajstić information content (AvgIpc) is 3.01. The van der Waals surface area contributed by atoms with E-state index < -0.39 is 23.5 Å². The lowest BCUT2D eigenvalue weighted by molar-refractivity contribution is 0.0642. The number of hydrogen-bond donors (Lipinski definition) is 1. The Morgan fingerprint density at radius 2 is 1.71 bits per heavy atom. The molecule has 3 aromatic carbocycles. The average molecular weight is 439 g/mol. The molecule has 0 aromatic heterocycles. The molecule has 0 unspecified atom stereocenters. The van der Waals surface area contributed by atoms with E-state index in [-0.39, 0.29) is 28.6 Å². The number of anilines is 1. The molecule has 0 radical (unpaired) electrons. The largest absolute Gasteiger partial charge is 0.496 e. The maximum Gasteiger partial charge on any atom is 0.261 e. The first-order valence-electron chi connectivity index (χ1n) is 9.27. The molecule has 0 saturated heterocycles. The highest BCUT2D eigenvalue weighted by molar-refractivity contribution is 6.31. The fourth-order valence-corrected chi connectivity index (χ4v) is 3.55. The number of carbonyl (C=O) groups is 3. The van der Waals surface area contributed by atoms with Gasteiger partial charge in [-0.2, -0.15) is 0 Å². The molecule has 8 heteroatoms. The number of imide groups is 1. The zero-order valence-corrected chi connectivity index (χ0v) is 17.1. The molecule has 1 aliphatic rings. The van der Waals surface area contributed by atoms with Crippen molar-refractivity contribution in [1.29, 1.82) is 0 Å². The molecule has 156 valence electrons. The van der Waals surface area contributed by atoms with Gasteiger partial charge in [0, 0.05) is 5.02 Å². The Kier molecular flexibility index (Phi) is 5.44. The fraction of sp³-hybridized carbons (Fsp3) is 0.0870. The Morgan fingerprint density at radius 3 is 2.35 bits per heavy atom. The fourth-order valence-electron chi connectivity index (χ4n) is 3.38. The van der Waals surface area contributed by atoms with Gasteiger partial charge in [-0.05, 0) is 48.0 Å². The van der Waals surface area contributed by atoms with E-state index in [4.69, 9.17) is 16.3 Å². The number of carbonyl (C=O) groups excluding carboxylic acids is 3. The molecule has 0 spiro atoms. The number of halogens is 2. The standard InChI is InChI=1S/C23H16ClFN2O4/c1-31-20-9-6-13(12-27-22(29)15-4-2-3-5-16(15)23(27)30)10-17(20)21(28)26-19-11-14(24)7-8-18(19)25/h2-11H,12H2,1H3,(H,26,28). The smallest absolute Gasteiger partial charge is 0.261 e. The summed E-state index contributed by atoms with van der Waals surface area (Å²) in [5.41, 5.74) is 1.26. The summed E-state index contributed by atoms with van der Waals surface area (Å²) >= 11 is 5.88. The summed E-state index contributed by atoms with van der Waals surface area (Å²) in [5.74, 6) is -1.81. The van der Waals surface area contributed by atoms with Crippen LogP contribution in [0.3, 0.4) is 0 Å². The van der Waals surface area contributed by atoms with E-state index in [1.54, 1.807) is 36.4 Å². The summed E-state index contributed by atoms with van der Waals surface area (Å²) in [6.45, 7) is -0.0256. The minimum Gasteiger partial charge on any atom is -0.496 e. The molecule has 0 atom stereocenters. The Morgan fingerprint density at radius 1 is 1.03 bits per heavy atom. The minimum atomic E-state index is -0.640. The molecule has 1 aliphatic heterocycles. The number of benzene rings is 3. The van der Waals surface area contributed by atoms with Crippen LogP contribution in [0.4, 0.5) is 10.1 Å². The van der Waals surface area contributed by atoms with E-state index in [2.05, 4.69) is 5.32 Å². The van der Waals surface area contributed by atoms with Crippen molar-refractivity contribution >= 4 is 35.0 Å². The van der Waals surface area contributed by atoms with E-state index in [0.717, 1.165) is 11.0 Å². The van der Waals surface area contributed by atoms with Crippen LogP contribution in [0.15, 0.2) is 60.7 Å². The molecule has 0 fully saturated rings. The zero-order chi connectivity index (χ0) is 22.1. The van der Waals surface area contributed by atoms with Gasteiger partial charge < -0.3 is 10.1 Å². The molecule has 0 saturated carbocycles. The van der Waals surface area contributed by atoms with Crippen LogP contribution in [-0.2, 0) is 6.54 Å². The van der Waals surface area contributed by atoms with Gasteiger partial charge in [0.25, 0.3) is 17.7 Å². The first-order valence-corrected chi connectivity index (χ1v) is 9.65. The van der Waals surface area contributed by atoms with Gasteiger partial charge in [0.1, 0.15) is 11.6 Å². The number of nitrogens with one attached hydrogen (secondary N) is 1. The Hall–Kier alpha value is -3.71. The van der Waals surface area contributed by atoms with E-state index in [1.165, 1.54) is 25.3 Å². The van der Waals surface area contributed by atoms with Crippen molar-refractivity contribution in [2.45, 2.75) is 6.54 Å². The molecule has 1 N–H and O–H groups in total. The van der Waals surface area contributed by atoms with Gasteiger partial charge in [0.2, 0.25) is 0 Å². The first-order chi connectivity index (χ1) is 14.9. The molecule has 0 aliphatic carbocycles. The molecule has 6 nitrogen and oxygen atoms in total. The second kappa shape index (κ2) is 8.20. The Bertz CT molecular complexity index is 1190. The highest BCUT2D eigenvalue weighted by Gasteiger charge is 2.35. The van der Waals surface area contributed by atoms with Crippen molar-refractivity contribution in [3.05, 3.63) is 93.8 Å². The molecule has 31 heavy (non-hydrogen) atoms. The van der Waals surface area contributed by atoms with Crippen molar-refractivity contribution in [1.82, 2.24) is 4.90 Å². The lowest BCUT2D eigenvalue weighted by Gasteiger charge is -2.16. The summed E-state index contributed by atoms with van der Waals surface area (Å²) in [4.78, 5) is 39.1. The molecule has 4 rings (SSSR count). The van der Waals surface area contributed by atoms with E-state index in [9.17, 15) is 18.8 Å². The topological polar surface area (TPSA) is 75.7 Å². The molecule has 1 heterocycles. The lowest BCUT2D eigenvalue weighted by atomic mass is 10.1. The second-order valence-electron chi connectivity index (χ2n) is 6.85. The number of methoxy groups -OCH3 is 1. The molecule has 3 aromatic rings. The Labute approximate surface area is 182 Å². The third-order valence-electron chi connectivity index (χ3n) is 4.90. The number of fused-ring (bicyclic) bond motifs is 1. The number of nitrogens with zero attached hydrogens (tertiary/aromatic N) is 1. The van der Waals surface area contributed by atoms with Crippen molar-refractivity contribution in [2.24, 2.45) is 0 Å². The monoisotopic (exact) mass is 438 g/mol. The maximum atomic E-state index is 14.0. The van der Waals surface area contributed by atoms with Gasteiger partial charge in [-0.1, -0.05) is 29.8 Å². The van der Waals surface area contributed by atoms with Crippen LogP contribution in [0.5, 0.6) is 5.75 Å². The van der Waals surface area contributed by atoms with Crippen molar-refractivity contribution < 1.29 is 23.5 Å². The first kappa shape index (κ1) is 20.6. The summed E-state index contributed by atoms with van der Waals surface area (Å²) in [6, 6.07) is 15.1. The minimum absolute atomic E-state index is 0.0256. The van der Waals surface area contributed by atoms with Gasteiger partial charge in [-0.15, -0.1) is 0 Å². The zero-order valence-electron chi connectivity index (χ0n) is 16.3. The van der Waals surface area contributed by atoms with Crippen LogP contribution in [0.25, 0.3) is 0 Å². The van der Waals surface area contributed by atoms with Crippen molar-refractivity contribution in [2.75, 3.05) is 12.4 Å². The van der Waals surface area contributed by atoms with Crippen LogP contribution < -0.4 is 10.1 Å². The molecular weight excluding hydrogens is 423 g/mol. The normalized spacial score (nSPS) is 12.7. The van der Waals surface area contributed by atoms with Gasteiger partial charge in [0.05, 0.1) is 36.0 Å². The quantitative estimate of drug-likeness (QED) is 0.593. The van der Waals surface area contributed by atoms with Crippen LogP contribution in [-0.4, -0.2) is 29.7 Å². The van der Waals surface area contributed by atoms with Gasteiger partial charge >= 0.3 is 0 Å². The van der Waals surface area contributed by atoms with Gasteiger partial charge in [-0.3, -0.25) is 19.3 Å². The third kappa shape index (κ3) is 3.87. The molecule has 3 amide bonds. The van der Waals surface area contributed by atoms with Crippen LogP contribution in [0, 0.1) is 5.82 Å². The van der Waals surface area contributed by atoms with Crippen LogP contribution in [0.2, 0.25) is 5.02 Å². The Balaban J connectivity index is 1.61. The second-order valence-corrected chi connectivity index (χ2v) is 7.29. The predicted molar refractivity (Wildman–Crippen MR) is 113 cm³/mol. The highest BCUT2D eigenvalue weighted by Crippen LogP contribution is 2.27. The van der Waals surface area contributed by atoms with E-state index >= 15 is 0 Å². The summed E-state index contributed by atoms with van der Waals surface area (Å²) < 4.78 is 19.3. The summed E-state index contributed by atoms with van der Waals surface area (Å²) in [5, 5.41) is 2.74. The highest BCUT2D eigenvalue weighted by atomic mass is 35.5. The van der Waals surface area contributed by atoms with Crippen LogP contribution >= 0.6 is 11.6 Å². The SMILES string of the molecule is COc1ccc(CN2C(=O)c3ccccc3C2=O)cc1C(=O)Nc1cc(Cl)ccc1F. The molecule has 0 bridgehead atoms. The van der Waals surface area contributed by atoms with E-state index in [1.807, 2.05) is 0 Å². The van der Waals surface area contributed by atoms with Gasteiger partial charge in [0.15, 0.2) is 0 Å². The summed E-state index contributed by atoms with van der Waals surface area (Å²) in [6.07, 6.45) is 0.